The third-order valence-electron chi connectivity index (χ3n) is 3.78. The third-order valence-corrected chi connectivity index (χ3v) is 3.78. The fraction of sp³-hybridized carbons (Fsp3) is 0.312. The smallest absolute Gasteiger partial charge is 0.243 e. The number of fused-ring (bicyclic) bond motifs is 1. The maximum absolute atomic E-state index is 11.6. The summed E-state index contributed by atoms with van der Waals surface area (Å²) in [4.78, 5) is 20.0. The molecule has 0 unspecified atom stereocenters. The Labute approximate surface area is 139 Å². The maximum atomic E-state index is 11.6. The second-order valence-electron chi connectivity index (χ2n) is 5.32. The molecule has 1 atom stereocenters. The van der Waals surface area contributed by atoms with E-state index in [1.807, 2.05) is 25.1 Å². The van der Waals surface area contributed by atoms with Gasteiger partial charge < -0.3 is 25.4 Å². The molecule has 0 fully saturated rings. The van der Waals surface area contributed by atoms with Gasteiger partial charge in [-0.05, 0) is 25.1 Å². The van der Waals surface area contributed by atoms with Gasteiger partial charge in [0.2, 0.25) is 5.91 Å². The molecule has 1 amide bonds. The number of aromatic nitrogens is 2. The third kappa shape index (κ3) is 3.03. The van der Waals surface area contributed by atoms with Gasteiger partial charge in [0, 0.05) is 5.56 Å². The first-order valence-electron chi connectivity index (χ1n) is 7.49. The molecule has 24 heavy (non-hydrogen) atoms. The number of methoxy groups -OCH3 is 2. The van der Waals surface area contributed by atoms with Crippen molar-refractivity contribution < 1.29 is 14.3 Å². The van der Waals surface area contributed by atoms with E-state index < -0.39 is 0 Å². The van der Waals surface area contributed by atoms with Crippen LogP contribution in [0.25, 0.3) is 0 Å². The van der Waals surface area contributed by atoms with Crippen LogP contribution in [0.5, 0.6) is 11.5 Å². The molecule has 0 saturated carbocycles. The van der Waals surface area contributed by atoms with Crippen LogP contribution in [0.4, 0.5) is 17.3 Å². The molecule has 2 aromatic rings. The largest absolute Gasteiger partial charge is 0.497 e. The van der Waals surface area contributed by atoms with Crippen LogP contribution in [0.2, 0.25) is 0 Å². The highest BCUT2D eigenvalue weighted by molar-refractivity contribution is 6.02. The van der Waals surface area contributed by atoms with E-state index in [0.29, 0.717) is 17.3 Å². The van der Waals surface area contributed by atoms with Gasteiger partial charge in [-0.3, -0.25) is 4.79 Å². The van der Waals surface area contributed by atoms with E-state index in [-0.39, 0.29) is 18.5 Å². The van der Waals surface area contributed by atoms with Gasteiger partial charge in [0.15, 0.2) is 11.6 Å². The number of amides is 1. The first-order valence-corrected chi connectivity index (χ1v) is 7.49. The lowest BCUT2D eigenvalue weighted by Crippen LogP contribution is -2.29. The Balaban J connectivity index is 1.91. The average Bonchev–Trinajstić information content (AvgIpc) is 2.61. The fourth-order valence-corrected chi connectivity index (χ4v) is 2.56. The van der Waals surface area contributed by atoms with Crippen LogP contribution < -0.4 is 25.4 Å². The van der Waals surface area contributed by atoms with Crippen molar-refractivity contribution in [3.8, 4) is 11.5 Å². The van der Waals surface area contributed by atoms with Crippen LogP contribution >= 0.6 is 0 Å². The van der Waals surface area contributed by atoms with E-state index in [1.165, 1.54) is 6.33 Å². The predicted octanol–water partition coefficient (Wildman–Crippen LogP) is 2.03. The number of benzene rings is 1. The second-order valence-corrected chi connectivity index (χ2v) is 5.32. The molecule has 0 aliphatic carbocycles. The van der Waals surface area contributed by atoms with Crippen LogP contribution in [0.15, 0.2) is 24.5 Å². The molecule has 1 aliphatic rings. The van der Waals surface area contributed by atoms with E-state index in [1.54, 1.807) is 14.2 Å². The summed E-state index contributed by atoms with van der Waals surface area (Å²) in [6.07, 6.45) is 1.45. The molecule has 1 aromatic heterocycles. The minimum atomic E-state index is -0.132. The number of nitrogens with one attached hydrogen (secondary N) is 3. The van der Waals surface area contributed by atoms with E-state index >= 15 is 0 Å². The van der Waals surface area contributed by atoms with Crippen LogP contribution in [0.1, 0.15) is 18.5 Å². The number of carbonyl (C=O) groups excluding carboxylic acids is 1. The van der Waals surface area contributed by atoms with Crippen LogP contribution in [0, 0.1) is 0 Å². The first-order chi connectivity index (χ1) is 11.6. The van der Waals surface area contributed by atoms with Crippen molar-refractivity contribution in [2.24, 2.45) is 0 Å². The summed E-state index contributed by atoms with van der Waals surface area (Å²) < 4.78 is 10.7. The lowest BCUT2D eigenvalue weighted by Gasteiger charge is -2.23. The minimum absolute atomic E-state index is 0.132. The van der Waals surface area contributed by atoms with Crippen molar-refractivity contribution >= 4 is 23.2 Å². The van der Waals surface area contributed by atoms with Crippen molar-refractivity contribution in [2.45, 2.75) is 13.0 Å². The van der Waals surface area contributed by atoms with Gasteiger partial charge in [0.25, 0.3) is 0 Å². The lowest BCUT2D eigenvalue weighted by molar-refractivity contribution is -0.114. The Morgan fingerprint density at radius 3 is 2.83 bits per heavy atom. The molecule has 8 heteroatoms. The molecule has 0 saturated heterocycles. The summed E-state index contributed by atoms with van der Waals surface area (Å²) in [5.74, 6) is 2.47. The van der Waals surface area contributed by atoms with Gasteiger partial charge in [-0.1, -0.05) is 0 Å². The molecule has 0 radical (unpaired) electrons. The summed E-state index contributed by atoms with van der Waals surface area (Å²) in [5.41, 5.74) is 1.46. The normalized spacial score (nSPS) is 14.0. The highest BCUT2D eigenvalue weighted by atomic mass is 16.5. The topological polar surface area (TPSA) is 97.4 Å². The molecule has 1 aliphatic heterocycles. The first kappa shape index (κ1) is 15.9. The van der Waals surface area contributed by atoms with E-state index in [4.69, 9.17) is 9.47 Å². The highest BCUT2D eigenvalue weighted by Crippen LogP contribution is 2.34. The van der Waals surface area contributed by atoms with Gasteiger partial charge >= 0.3 is 0 Å². The van der Waals surface area contributed by atoms with Gasteiger partial charge in [-0.25, -0.2) is 9.97 Å². The van der Waals surface area contributed by atoms with Crippen molar-refractivity contribution in [3.05, 3.63) is 30.1 Å². The molecule has 0 bridgehead atoms. The van der Waals surface area contributed by atoms with E-state index in [9.17, 15) is 4.79 Å². The summed E-state index contributed by atoms with van der Waals surface area (Å²) in [5, 5.41) is 9.04. The Kier molecular flexibility index (Phi) is 4.37. The van der Waals surface area contributed by atoms with Gasteiger partial charge in [0.1, 0.15) is 23.5 Å². The lowest BCUT2D eigenvalue weighted by atomic mass is 10.1. The Morgan fingerprint density at radius 1 is 1.25 bits per heavy atom. The fourth-order valence-electron chi connectivity index (χ4n) is 2.56. The zero-order valence-corrected chi connectivity index (χ0v) is 13.7. The second kappa shape index (κ2) is 6.61. The molecule has 2 heterocycles. The Bertz CT molecular complexity index is 765. The Hall–Kier alpha value is -3.03. The van der Waals surface area contributed by atoms with Crippen molar-refractivity contribution in [1.82, 2.24) is 9.97 Å². The summed E-state index contributed by atoms with van der Waals surface area (Å²) >= 11 is 0. The van der Waals surface area contributed by atoms with Crippen LogP contribution in [-0.4, -0.2) is 36.6 Å². The van der Waals surface area contributed by atoms with Crippen molar-refractivity contribution in [2.75, 3.05) is 36.7 Å². The number of hydrogen-bond acceptors (Lipinski definition) is 7. The van der Waals surface area contributed by atoms with Gasteiger partial charge in [0.05, 0.1) is 26.8 Å². The average molecular weight is 329 g/mol. The molecule has 0 spiro atoms. The number of anilines is 3. The molecule has 3 rings (SSSR count). The number of ether oxygens (including phenoxy) is 2. The number of hydrogen-bond donors (Lipinski definition) is 3. The van der Waals surface area contributed by atoms with Crippen molar-refractivity contribution in [1.29, 1.82) is 0 Å². The zero-order chi connectivity index (χ0) is 17.1. The molecule has 8 nitrogen and oxygen atoms in total. The molecular weight excluding hydrogens is 310 g/mol. The molecule has 126 valence electrons. The monoisotopic (exact) mass is 329 g/mol. The number of nitrogens with zero attached hydrogens (tertiary/aromatic N) is 2. The summed E-state index contributed by atoms with van der Waals surface area (Å²) in [7, 11) is 3.24. The van der Waals surface area contributed by atoms with Crippen molar-refractivity contribution in [3.63, 3.8) is 0 Å². The minimum Gasteiger partial charge on any atom is -0.497 e. The van der Waals surface area contributed by atoms with E-state index in [0.717, 1.165) is 17.1 Å². The SMILES string of the molecule is COc1ccc(OC)c([C@H](C)Nc2ncnc3c2NC(=O)CN3)c1. The number of carbonyl (C=O) groups is 1. The molecular formula is C16H19N5O3. The van der Waals surface area contributed by atoms with E-state index in [2.05, 4.69) is 25.9 Å². The van der Waals surface area contributed by atoms with Crippen LogP contribution in [0.3, 0.4) is 0 Å². The molecule has 3 N–H and O–H groups in total. The summed E-state index contributed by atoms with van der Waals surface area (Å²) in [6, 6.07) is 5.46. The van der Waals surface area contributed by atoms with Gasteiger partial charge in [-0.15, -0.1) is 0 Å². The highest BCUT2D eigenvalue weighted by Gasteiger charge is 2.21. The standard InChI is InChI=1S/C16H19N5O3/c1-9(11-6-10(23-2)4-5-12(11)24-3)20-16-14-15(18-8-19-16)17-7-13(22)21-14/h4-6,8-9H,7H2,1-3H3,(H,21,22)(H2,17,18,19,20)/t9-/m0/s1. The number of rotatable bonds is 5. The predicted molar refractivity (Wildman–Crippen MR) is 90.7 cm³/mol. The maximum Gasteiger partial charge on any atom is 0.243 e. The quantitative estimate of drug-likeness (QED) is 0.772. The zero-order valence-electron chi connectivity index (χ0n) is 13.7. The molecule has 1 aromatic carbocycles. The summed E-state index contributed by atoms with van der Waals surface area (Å²) in [6.45, 7) is 2.17. The van der Waals surface area contributed by atoms with Gasteiger partial charge in [-0.2, -0.15) is 0 Å². The Morgan fingerprint density at radius 2 is 2.08 bits per heavy atom. The van der Waals surface area contributed by atoms with Crippen LogP contribution in [-0.2, 0) is 4.79 Å².